The van der Waals surface area contributed by atoms with Crippen LogP contribution in [0, 0.1) is 0 Å². The number of aromatic hydroxyl groups is 2. The van der Waals surface area contributed by atoms with E-state index in [9.17, 15) is 15.0 Å². The second-order valence-electron chi connectivity index (χ2n) is 7.15. The lowest BCUT2D eigenvalue weighted by Crippen LogP contribution is -2.24. The van der Waals surface area contributed by atoms with E-state index in [-0.39, 0.29) is 17.4 Å². The van der Waals surface area contributed by atoms with Gasteiger partial charge < -0.3 is 15.5 Å². The number of pyridine rings is 1. The van der Waals surface area contributed by atoms with Crippen molar-refractivity contribution >= 4 is 16.8 Å². The molecule has 1 heterocycles. The van der Waals surface area contributed by atoms with Crippen molar-refractivity contribution < 1.29 is 15.0 Å². The van der Waals surface area contributed by atoms with Crippen LogP contribution >= 0.6 is 0 Å². The number of hydrogen-bond donors (Lipinski definition) is 3. The molecule has 0 aliphatic carbocycles. The second kappa shape index (κ2) is 8.66. The quantitative estimate of drug-likeness (QED) is 0.412. The first-order valence-electron chi connectivity index (χ1n) is 9.85. The molecule has 1 aromatic heterocycles. The molecule has 3 aromatic carbocycles. The third-order valence-corrected chi connectivity index (χ3v) is 5.03. The summed E-state index contributed by atoms with van der Waals surface area (Å²) in [5.74, 6) is -0.132. The van der Waals surface area contributed by atoms with Crippen molar-refractivity contribution in [1.29, 1.82) is 0 Å². The van der Waals surface area contributed by atoms with Crippen LogP contribution in [0.3, 0.4) is 0 Å². The second-order valence-corrected chi connectivity index (χ2v) is 7.15. The molecule has 0 saturated carbocycles. The van der Waals surface area contributed by atoms with Crippen molar-refractivity contribution in [3.63, 3.8) is 0 Å². The van der Waals surface area contributed by atoms with E-state index in [1.807, 2.05) is 30.3 Å². The number of nitrogens with zero attached hydrogens (tertiary/aromatic N) is 1. The molecule has 0 aliphatic heterocycles. The van der Waals surface area contributed by atoms with Gasteiger partial charge in [-0.05, 0) is 60.4 Å². The first kappa shape index (κ1) is 19.5. The SMILES string of the molecule is O=C(NCCCc1ccccc1)c1ccc(O)c(-c2cc(O)c3ncccc3c2)c1. The third-order valence-electron chi connectivity index (χ3n) is 5.03. The molecule has 3 N–H and O–H groups in total. The fourth-order valence-electron chi connectivity index (χ4n) is 3.48. The fraction of sp³-hybridized carbons (Fsp3) is 0.120. The summed E-state index contributed by atoms with van der Waals surface area (Å²) >= 11 is 0. The maximum Gasteiger partial charge on any atom is 0.251 e. The van der Waals surface area contributed by atoms with Crippen molar-refractivity contribution in [2.45, 2.75) is 12.8 Å². The average molecular weight is 398 g/mol. The van der Waals surface area contributed by atoms with Crippen LogP contribution in [0.4, 0.5) is 0 Å². The number of aryl methyl sites for hydroxylation is 1. The van der Waals surface area contributed by atoms with Crippen LogP contribution in [0.15, 0.2) is 79.0 Å². The molecule has 0 atom stereocenters. The minimum atomic E-state index is -0.198. The maximum absolute atomic E-state index is 12.6. The van der Waals surface area contributed by atoms with Gasteiger partial charge in [0.1, 0.15) is 17.0 Å². The summed E-state index contributed by atoms with van der Waals surface area (Å²) in [6.07, 6.45) is 3.35. The molecule has 0 bridgehead atoms. The summed E-state index contributed by atoms with van der Waals surface area (Å²) in [7, 11) is 0. The summed E-state index contributed by atoms with van der Waals surface area (Å²) in [6, 6.07) is 21.9. The Labute approximate surface area is 174 Å². The Morgan fingerprint density at radius 2 is 1.73 bits per heavy atom. The van der Waals surface area contributed by atoms with Crippen molar-refractivity contribution in [3.8, 4) is 22.6 Å². The number of nitrogens with one attached hydrogen (secondary N) is 1. The maximum atomic E-state index is 12.6. The number of hydrogen-bond acceptors (Lipinski definition) is 4. The lowest BCUT2D eigenvalue weighted by molar-refractivity contribution is 0.0953. The van der Waals surface area contributed by atoms with Gasteiger partial charge in [0.05, 0.1) is 0 Å². The molecular weight excluding hydrogens is 376 g/mol. The molecule has 4 rings (SSSR count). The van der Waals surface area contributed by atoms with Crippen LogP contribution in [0.2, 0.25) is 0 Å². The van der Waals surface area contributed by atoms with Gasteiger partial charge in [-0.3, -0.25) is 9.78 Å². The van der Waals surface area contributed by atoms with E-state index in [2.05, 4.69) is 22.4 Å². The highest BCUT2D eigenvalue weighted by atomic mass is 16.3. The first-order chi connectivity index (χ1) is 14.6. The Bertz CT molecular complexity index is 1190. The molecule has 0 aliphatic rings. The molecule has 0 radical (unpaired) electrons. The van der Waals surface area contributed by atoms with Crippen LogP contribution in [0.25, 0.3) is 22.0 Å². The smallest absolute Gasteiger partial charge is 0.251 e. The Morgan fingerprint density at radius 1 is 0.900 bits per heavy atom. The molecule has 0 fully saturated rings. The Kier molecular flexibility index (Phi) is 5.61. The summed E-state index contributed by atoms with van der Waals surface area (Å²) < 4.78 is 0. The zero-order valence-corrected chi connectivity index (χ0v) is 16.4. The molecular formula is C25H22N2O3. The van der Waals surface area contributed by atoms with Crippen LogP contribution in [0.5, 0.6) is 11.5 Å². The number of amides is 1. The minimum absolute atomic E-state index is 0.0262. The monoisotopic (exact) mass is 398 g/mol. The molecule has 30 heavy (non-hydrogen) atoms. The van der Waals surface area contributed by atoms with E-state index in [0.717, 1.165) is 18.2 Å². The summed E-state index contributed by atoms with van der Waals surface area (Å²) in [5, 5.41) is 24.3. The van der Waals surface area contributed by atoms with Crippen LogP contribution in [0.1, 0.15) is 22.3 Å². The molecule has 0 spiro atoms. The van der Waals surface area contributed by atoms with Crippen LogP contribution < -0.4 is 5.32 Å². The normalized spacial score (nSPS) is 10.8. The molecule has 1 amide bonds. The highest BCUT2D eigenvalue weighted by Crippen LogP contribution is 2.35. The van der Waals surface area contributed by atoms with Crippen LogP contribution in [-0.2, 0) is 6.42 Å². The van der Waals surface area contributed by atoms with E-state index in [0.29, 0.717) is 28.8 Å². The minimum Gasteiger partial charge on any atom is -0.507 e. The molecule has 150 valence electrons. The van der Waals surface area contributed by atoms with Crippen molar-refractivity contribution in [2.75, 3.05) is 6.54 Å². The number of phenolic OH excluding ortho intramolecular Hbond substituents is 2. The molecule has 0 unspecified atom stereocenters. The highest BCUT2D eigenvalue weighted by Gasteiger charge is 2.13. The van der Waals surface area contributed by atoms with Gasteiger partial charge in [0.2, 0.25) is 0 Å². The van der Waals surface area contributed by atoms with E-state index in [1.165, 1.54) is 11.6 Å². The Balaban J connectivity index is 1.49. The lowest BCUT2D eigenvalue weighted by Gasteiger charge is -2.11. The summed E-state index contributed by atoms with van der Waals surface area (Å²) in [4.78, 5) is 16.7. The third kappa shape index (κ3) is 4.25. The highest BCUT2D eigenvalue weighted by molar-refractivity contribution is 5.97. The number of benzene rings is 3. The number of fused-ring (bicyclic) bond motifs is 1. The predicted molar refractivity (Wildman–Crippen MR) is 118 cm³/mol. The predicted octanol–water partition coefficient (Wildman–Crippen LogP) is 4.68. The number of carbonyl (C=O) groups is 1. The summed E-state index contributed by atoms with van der Waals surface area (Å²) in [6.45, 7) is 0.562. The van der Waals surface area contributed by atoms with Gasteiger partial charge in [0, 0.05) is 29.3 Å². The number of rotatable bonds is 6. The van der Waals surface area contributed by atoms with Gasteiger partial charge in [-0.1, -0.05) is 36.4 Å². The zero-order chi connectivity index (χ0) is 20.9. The summed E-state index contributed by atoms with van der Waals surface area (Å²) in [5.41, 5.74) is 3.28. The van der Waals surface area contributed by atoms with Crippen molar-refractivity contribution in [1.82, 2.24) is 10.3 Å². The number of carbonyl (C=O) groups excluding carboxylic acids is 1. The van der Waals surface area contributed by atoms with E-state index in [4.69, 9.17) is 0 Å². The van der Waals surface area contributed by atoms with Gasteiger partial charge in [-0.2, -0.15) is 0 Å². The molecule has 5 heteroatoms. The number of phenols is 2. The van der Waals surface area contributed by atoms with Gasteiger partial charge in [-0.25, -0.2) is 0 Å². The lowest BCUT2D eigenvalue weighted by atomic mass is 9.99. The van der Waals surface area contributed by atoms with Crippen molar-refractivity contribution in [2.24, 2.45) is 0 Å². The van der Waals surface area contributed by atoms with Gasteiger partial charge in [0.25, 0.3) is 5.91 Å². The largest absolute Gasteiger partial charge is 0.507 e. The Morgan fingerprint density at radius 3 is 2.57 bits per heavy atom. The van der Waals surface area contributed by atoms with E-state index in [1.54, 1.807) is 30.5 Å². The molecule has 0 saturated heterocycles. The zero-order valence-electron chi connectivity index (χ0n) is 16.4. The van der Waals surface area contributed by atoms with E-state index < -0.39 is 0 Å². The standard InChI is InChI=1S/C25H22N2O3/c28-22-11-10-19(25(30)27-13-4-8-17-6-2-1-3-7-17)15-21(22)20-14-18-9-5-12-26-24(18)23(29)16-20/h1-3,5-7,9-12,14-16,28-29H,4,8,13H2,(H,27,30). The van der Waals surface area contributed by atoms with Crippen molar-refractivity contribution in [3.05, 3.63) is 90.1 Å². The average Bonchev–Trinajstić information content (AvgIpc) is 2.77. The van der Waals surface area contributed by atoms with Gasteiger partial charge in [-0.15, -0.1) is 0 Å². The molecule has 5 nitrogen and oxygen atoms in total. The topological polar surface area (TPSA) is 82.5 Å². The number of aromatic nitrogens is 1. The van der Waals surface area contributed by atoms with Crippen LogP contribution in [-0.4, -0.2) is 27.6 Å². The van der Waals surface area contributed by atoms with E-state index >= 15 is 0 Å². The van der Waals surface area contributed by atoms with Gasteiger partial charge in [0.15, 0.2) is 0 Å². The molecule has 4 aromatic rings. The first-order valence-corrected chi connectivity index (χ1v) is 9.85. The fourth-order valence-corrected chi connectivity index (χ4v) is 3.48. The van der Waals surface area contributed by atoms with Gasteiger partial charge >= 0.3 is 0 Å². The Hall–Kier alpha value is -3.86.